The lowest BCUT2D eigenvalue weighted by Crippen LogP contribution is -2.38. The Morgan fingerprint density at radius 1 is 1.11 bits per heavy atom. The number of nitrogens with zero attached hydrogens (tertiary/aromatic N) is 4. The van der Waals surface area contributed by atoms with Gasteiger partial charge in [-0.25, -0.2) is 4.68 Å². The molecule has 2 fully saturated rings. The Labute approximate surface area is 167 Å². The Hall–Kier alpha value is -2.21. The first-order valence-corrected chi connectivity index (χ1v) is 10.7. The summed E-state index contributed by atoms with van der Waals surface area (Å²) >= 11 is 0. The van der Waals surface area contributed by atoms with E-state index in [9.17, 15) is 4.79 Å². The number of hydrogen-bond acceptors (Lipinski definition) is 4. The van der Waals surface area contributed by atoms with Gasteiger partial charge in [0.1, 0.15) is 0 Å². The highest BCUT2D eigenvalue weighted by Gasteiger charge is 2.26. The summed E-state index contributed by atoms with van der Waals surface area (Å²) in [5.74, 6) is 0.743. The minimum atomic E-state index is 0.0390. The van der Waals surface area contributed by atoms with Crippen LogP contribution in [0.5, 0.6) is 0 Å². The number of amides is 1. The quantitative estimate of drug-likeness (QED) is 0.865. The highest BCUT2D eigenvalue weighted by atomic mass is 16.2. The topological polar surface area (TPSA) is 63.1 Å². The van der Waals surface area contributed by atoms with E-state index in [2.05, 4.69) is 46.8 Å². The summed E-state index contributed by atoms with van der Waals surface area (Å²) in [6.07, 6.45) is 8.44. The average molecular weight is 382 g/mol. The molecular weight excluding hydrogens is 350 g/mol. The third-order valence-electron chi connectivity index (χ3n) is 6.28. The van der Waals surface area contributed by atoms with Crippen LogP contribution in [0, 0.1) is 12.8 Å². The molecule has 150 valence electrons. The number of likely N-dealkylation sites (tertiary alicyclic amines) is 1. The lowest BCUT2D eigenvalue weighted by Gasteiger charge is -2.31. The summed E-state index contributed by atoms with van der Waals surface area (Å²) < 4.78 is 1.89. The van der Waals surface area contributed by atoms with Gasteiger partial charge in [-0.3, -0.25) is 4.79 Å². The van der Waals surface area contributed by atoms with Crippen molar-refractivity contribution in [3.05, 3.63) is 47.3 Å². The van der Waals surface area contributed by atoms with Gasteiger partial charge in [0.05, 0.1) is 12.2 Å². The fraction of sp³-hybridized carbons (Fsp3) is 0.591. The van der Waals surface area contributed by atoms with Crippen LogP contribution in [0.25, 0.3) is 0 Å². The predicted molar refractivity (Wildman–Crippen MR) is 109 cm³/mol. The molecule has 0 radical (unpaired) electrons. The van der Waals surface area contributed by atoms with Crippen molar-refractivity contribution in [1.82, 2.24) is 25.2 Å². The average Bonchev–Trinajstić information content (AvgIpc) is 3.24. The summed E-state index contributed by atoms with van der Waals surface area (Å²) in [5.41, 5.74) is 3.22. The van der Waals surface area contributed by atoms with E-state index in [-0.39, 0.29) is 5.91 Å². The van der Waals surface area contributed by atoms with Crippen LogP contribution >= 0.6 is 0 Å². The first-order valence-electron chi connectivity index (χ1n) is 10.7. The monoisotopic (exact) mass is 381 g/mol. The van der Waals surface area contributed by atoms with Crippen molar-refractivity contribution in [3.63, 3.8) is 0 Å². The van der Waals surface area contributed by atoms with E-state index in [1.807, 2.05) is 15.8 Å². The Kier molecular flexibility index (Phi) is 6.05. The Morgan fingerprint density at radius 2 is 1.82 bits per heavy atom. The molecule has 1 aromatic heterocycles. The van der Waals surface area contributed by atoms with E-state index in [0.717, 1.165) is 58.3 Å². The number of benzene rings is 1. The molecule has 28 heavy (non-hydrogen) atoms. The smallest absolute Gasteiger partial charge is 0.276 e. The number of nitrogens with one attached hydrogen (secondary N) is 1. The molecule has 2 saturated heterocycles. The second kappa shape index (κ2) is 8.86. The molecule has 0 atom stereocenters. The van der Waals surface area contributed by atoms with Crippen molar-refractivity contribution < 1.29 is 4.79 Å². The summed E-state index contributed by atoms with van der Waals surface area (Å²) in [7, 11) is 0. The molecule has 2 aromatic rings. The van der Waals surface area contributed by atoms with Crippen molar-refractivity contribution in [2.45, 2.75) is 51.5 Å². The summed E-state index contributed by atoms with van der Waals surface area (Å²) in [6.45, 7) is 5.80. The highest BCUT2D eigenvalue weighted by molar-refractivity contribution is 5.92. The van der Waals surface area contributed by atoms with Gasteiger partial charge >= 0.3 is 0 Å². The number of piperidine rings is 2. The van der Waals surface area contributed by atoms with Gasteiger partial charge in [-0.05, 0) is 70.0 Å². The molecule has 0 unspecified atom stereocenters. The number of aryl methyl sites for hydroxylation is 2. The molecule has 1 amide bonds. The second-order valence-corrected chi connectivity index (χ2v) is 8.32. The number of hydrogen-bond donors (Lipinski definition) is 1. The van der Waals surface area contributed by atoms with Crippen molar-refractivity contribution >= 4 is 5.91 Å². The first kappa shape index (κ1) is 19.1. The fourth-order valence-electron chi connectivity index (χ4n) is 4.34. The van der Waals surface area contributed by atoms with Gasteiger partial charge in [0.25, 0.3) is 5.91 Å². The molecule has 1 N–H and O–H groups in total. The molecule has 2 aliphatic heterocycles. The van der Waals surface area contributed by atoms with E-state index in [0.29, 0.717) is 17.7 Å². The summed E-state index contributed by atoms with van der Waals surface area (Å²) in [4.78, 5) is 14.8. The number of carbonyl (C=O) groups is 1. The zero-order chi connectivity index (χ0) is 19.3. The standard InChI is InChI=1S/C22H31N5O/c1-17-2-4-18(5-3-17)6-7-19-10-14-26(15-11-19)22(28)21-16-27(25-24-21)20-8-12-23-13-9-20/h2-5,16,19-20,23H,6-15H2,1H3. The molecule has 0 spiro atoms. The zero-order valence-corrected chi connectivity index (χ0v) is 16.8. The molecule has 6 nitrogen and oxygen atoms in total. The van der Waals surface area contributed by atoms with Gasteiger partial charge < -0.3 is 10.2 Å². The molecule has 0 bridgehead atoms. The van der Waals surface area contributed by atoms with E-state index in [1.54, 1.807) is 0 Å². The van der Waals surface area contributed by atoms with Gasteiger partial charge in [-0.15, -0.1) is 5.10 Å². The normalized spacial score (nSPS) is 19.1. The Bertz CT molecular complexity index is 770. The van der Waals surface area contributed by atoms with Gasteiger partial charge in [-0.1, -0.05) is 35.0 Å². The number of rotatable bonds is 5. The lowest BCUT2D eigenvalue weighted by molar-refractivity contribution is 0.0681. The summed E-state index contributed by atoms with van der Waals surface area (Å²) in [6, 6.07) is 9.21. The lowest BCUT2D eigenvalue weighted by atomic mass is 9.90. The van der Waals surface area contributed by atoms with Crippen LogP contribution in [-0.2, 0) is 6.42 Å². The van der Waals surface area contributed by atoms with E-state index >= 15 is 0 Å². The number of carbonyl (C=O) groups excluding carboxylic acids is 1. The summed E-state index contributed by atoms with van der Waals surface area (Å²) in [5, 5.41) is 11.8. The second-order valence-electron chi connectivity index (χ2n) is 8.32. The molecule has 4 rings (SSSR count). The minimum absolute atomic E-state index is 0.0390. The first-order chi connectivity index (χ1) is 13.7. The van der Waals surface area contributed by atoms with Gasteiger partial charge in [0.2, 0.25) is 0 Å². The molecule has 6 heteroatoms. The zero-order valence-electron chi connectivity index (χ0n) is 16.8. The molecule has 0 aliphatic carbocycles. The molecular formula is C22H31N5O. The van der Waals surface area contributed by atoms with Crippen LogP contribution in [-0.4, -0.2) is 52.0 Å². The highest BCUT2D eigenvalue weighted by Crippen LogP contribution is 2.24. The van der Waals surface area contributed by atoms with Gasteiger partial charge in [0.15, 0.2) is 5.69 Å². The maximum Gasteiger partial charge on any atom is 0.276 e. The van der Waals surface area contributed by atoms with Crippen molar-refractivity contribution in [3.8, 4) is 0 Å². The Morgan fingerprint density at radius 3 is 2.54 bits per heavy atom. The molecule has 3 heterocycles. The Balaban J connectivity index is 1.25. The van der Waals surface area contributed by atoms with Crippen LogP contribution < -0.4 is 5.32 Å². The van der Waals surface area contributed by atoms with Crippen LogP contribution in [0.15, 0.2) is 30.5 Å². The van der Waals surface area contributed by atoms with Crippen LogP contribution in [0.4, 0.5) is 0 Å². The minimum Gasteiger partial charge on any atom is -0.337 e. The molecule has 0 saturated carbocycles. The largest absolute Gasteiger partial charge is 0.337 e. The van der Waals surface area contributed by atoms with Crippen molar-refractivity contribution in [2.75, 3.05) is 26.2 Å². The SMILES string of the molecule is Cc1ccc(CCC2CCN(C(=O)c3cn(C4CCNCC4)nn3)CC2)cc1. The van der Waals surface area contributed by atoms with Gasteiger partial charge in [0, 0.05) is 13.1 Å². The third kappa shape index (κ3) is 4.61. The maximum atomic E-state index is 12.8. The van der Waals surface area contributed by atoms with Crippen molar-refractivity contribution in [1.29, 1.82) is 0 Å². The van der Waals surface area contributed by atoms with Crippen LogP contribution in [0.1, 0.15) is 59.8 Å². The maximum absolute atomic E-state index is 12.8. The molecule has 2 aliphatic rings. The fourth-order valence-corrected chi connectivity index (χ4v) is 4.34. The third-order valence-corrected chi connectivity index (χ3v) is 6.28. The van der Waals surface area contributed by atoms with E-state index < -0.39 is 0 Å². The predicted octanol–water partition coefficient (Wildman–Crippen LogP) is 3.00. The van der Waals surface area contributed by atoms with Crippen LogP contribution in [0.3, 0.4) is 0 Å². The van der Waals surface area contributed by atoms with Crippen LogP contribution in [0.2, 0.25) is 0 Å². The van der Waals surface area contributed by atoms with E-state index in [1.165, 1.54) is 17.5 Å². The van der Waals surface area contributed by atoms with Gasteiger partial charge in [-0.2, -0.15) is 0 Å². The van der Waals surface area contributed by atoms with Crippen molar-refractivity contribution in [2.24, 2.45) is 5.92 Å². The molecule has 1 aromatic carbocycles. The number of aromatic nitrogens is 3. The van der Waals surface area contributed by atoms with E-state index in [4.69, 9.17) is 0 Å².